The van der Waals surface area contributed by atoms with Gasteiger partial charge in [-0.15, -0.1) is 24.0 Å². The summed E-state index contributed by atoms with van der Waals surface area (Å²) in [6.45, 7) is 4.67. The van der Waals surface area contributed by atoms with E-state index in [1.54, 1.807) is 11.1 Å². The molecule has 41 heavy (non-hydrogen) atoms. The molecule has 9 rings (SSSR count). The van der Waals surface area contributed by atoms with Crippen molar-refractivity contribution >= 4 is 18.5 Å². The van der Waals surface area contributed by atoms with Gasteiger partial charge in [-0.2, -0.15) is 17.2 Å². The van der Waals surface area contributed by atoms with E-state index in [1.165, 1.54) is 75.3 Å². The molecule has 4 saturated carbocycles. The molecule has 0 spiro atoms. The first-order valence-corrected chi connectivity index (χ1v) is 17.5. The van der Waals surface area contributed by atoms with Crippen molar-refractivity contribution in [2.75, 3.05) is 32.3 Å². The normalized spacial score (nSPS) is 35.0. The van der Waals surface area contributed by atoms with Crippen LogP contribution in [0.1, 0.15) is 56.1 Å². The molecule has 5 heteroatoms. The van der Waals surface area contributed by atoms with Gasteiger partial charge in [-0.1, -0.05) is 35.9 Å². The molecule has 0 radical (unpaired) electrons. The van der Waals surface area contributed by atoms with Crippen LogP contribution in [0.5, 0.6) is 0 Å². The summed E-state index contributed by atoms with van der Waals surface area (Å²) in [5.74, 6) is 5.15. The van der Waals surface area contributed by atoms with Crippen LogP contribution >= 0.6 is 18.5 Å². The maximum atomic E-state index is 3.75. The first-order chi connectivity index (χ1) is 19.6. The van der Waals surface area contributed by atoms with Gasteiger partial charge in [-0.05, 0) is 123 Å². The summed E-state index contributed by atoms with van der Waals surface area (Å²) in [7, 11) is 6.82. The second-order valence-corrected chi connectivity index (χ2v) is 15.1. The largest absolute Gasteiger partial charge is 0.748 e. The molecule has 4 aliphatic carbocycles. The topological polar surface area (TPSA) is 24.1 Å². The Bertz CT molecular complexity index is 1180. The third kappa shape index (κ3) is 5.30. The number of rotatable bonds is 6. The quantitative estimate of drug-likeness (QED) is 0.170. The molecule has 2 aliphatic heterocycles. The van der Waals surface area contributed by atoms with E-state index in [4.69, 9.17) is 0 Å². The molecule has 3 aromatic carbocycles. The zero-order chi connectivity index (χ0) is 27.2. The Kier molecular flexibility index (Phi) is 9.36. The average Bonchev–Trinajstić information content (AvgIpc) is 3.82. The van der Waals surface area contributed by atoms with Crippen LogP contribution in [0.2, 0.25) is 0 Å². The summed E-state index contributed by atoms with van der Waals surface area (Å²) in [6.07, 6.45) is 11.3. The van der Waals surface area contributed by atoms with E-state index in [0.29, 0.717) is 17.3 Å². The van der Waals surface area contributed by atoms with Crippen LogP contribution in [-0.4, -0.2) is 32.3 Å². The van der Waals surface area contributed by atoms with Crippen molar-refractivity contribution in [2.45, 2.75) is 55.5 Å². The van der Waals surface area contributed by atoms with E-state index in [1.807, 2.05) is 30.3 Å². The first kappa shape index (κ1) is 30.3. The summed E-state index contributed by atoms with van der Waals surface area (Å²) in [5, 5.41) is 7.64. The van der Waals surface area contributed by atoms with Crippen LogP contribution in [0, 0.1) is 35.5 Å². The molecule has 3 aromatic rings. The van der Waals surface area contributed by atoms with Crippen molar-refractivity contribution in [1.29, 1.82) is 0 Å². The molecule has 226 valence electrons. The van der Waals surface area contributed by atoms with E-state index in [-0.39, 0.29) is 22.2 Å². The van der Waals surface area contributed by atoms with Gasteiger partial charge in [-0.25, -0.2) is 6.07 Å². The van der Waals surface area contributed by atoms with Crippen LogP contribution in [0.15, 0.2) is 72.8 Å². The Morgan fingerprint density at radius 1 is 0.805 bits per heavy atom. The predicted molar refractivity (Wildman–Crippen MR) is 176 cm³/mol. The van der Waals surface area contributed by atoms with Crippen molar-refractivity contribution in [1.82, 2.24) is 10.6 Å². The van der Waals surface area contributed by atoms with Crippen molar-refractivity contribution in [2.24, 2.45) is 35.5 Å². The minimum atomic E-state index is 0. The fourth-order valence-electron chi connectivity index (χ4n) is 10.2. The molecule has 0 amide bonds. The van der Waals surface area contributed by atoms with Gasteiger partial charge >= 0.3 is 0 Å². The van der Waals surface area contributed by atoms with Crippen LogP contribution in [0.3, 0.4) is 0 Å². The summed E-state index contributed by atoms with van der Waals surface area (Å²) in [4.78, 5) is 0. The molecule has 6 aliphatic rings. The van der Waals surface area contributed by atoms with Gasteiger partial charge < -0.3 is 41.0 Å². The van der Waals surface area contributed by atoms with Gasteiger partial charge in [0.2, 0.25) is 0 Å². The number of hydrogen-bond donors (Lipinski definition) is 2. The minimum absolute atomic E-state index is 0. The summed E-state index contributed by atoms with van der Waals surface area (Å²) >= 11 is 0. The maximum absolute atomic E-state index is 3.75. The second kappa shape index (κ2) is 12.7. The molecular formula is C36H48FeN2P2-6. The molecule has 2 saturated heterocycles. The van der Waals surface area contributed by atoms with Gasteiger partial charge in [0.25, 0.3) is 0 Å². The molecule has 2 heterocycles. The fourth-order valence-corrected chi connectivity index (χ4v) is 11.9. The Balaban J connectivity index is 0.000000458. The SMILES string of the molecule is PCC1([c-]2cc(-c3ccccc3)cc2C(P)(C2CCNC2)C2CCNC2)C2CC3CC(C2)CC1C3.[Fe].[cH-]1[cH-][cH-][cH-][cH-]1. The van der Waals surface area contributed by atoms with Gasteiger partial charge in [-0.3, -0.25) is 0 Å². The Morgan fingerprint density at radius 2 is 1.34 bits per heavy atom. The van der Waals surface area contributed by atoms with Crippen molar-refractivity contribution in [3.63, 3.8) is 0 Å². The van der Waals surface area contributed by atoms with Crippen LogP contribution in [-0.2, 0) is 27.6 Å². The molecule has 0 aromatic heterocycles. The van der Waals surface area contributed by atoms with Gasteiger partial charge in [0.1, 0.15) is 0 Å². The van der Waals surface area contributed by atoms with E-state index in [0.717, 1.165) is 36.8 Å². The predicted octanol–water partition coefficient (Wildman–Crippen LogP) is 7.33. The average molecular weight is 627 g/mol. The first-order valence-electron chi connectivity index (χ1n) is 16.1. The summed E-state index contributed by atoms with van der Waals surface area (Å²) in [5.41, 5.74) is 6.67. The fraction of sp³-hybridized carbons (Fsp3) is 0.556. The Morgan fingerprint density at radius 3 is 1.80 bits per heavy atom. The number of hydrogen-bond acceptors (Lipinski definition) is 2. The van der Waals surface area contributed by atoms with Gasteiger partial charge in [0.15, 0.2) is 0 Å². The van der Waals surface area contributed by atoms with Crippen molar-refractivity contribution < 1.29 is 17.1 Å². The number of benzene rings is 1. The van der Waals surface area contributed by atoms with E-state index in [2.05, 4.69) is 71.6 Å². The summed E-state index contributed by atoms with van der Waals surface area (Å²) < 4.78 is 0. The van der Waals surface area contributed by atoms with Crippen molar-refractivity contribution in [3.05, 3.63) is 83.9 Å². The van der Waals surface area contributed by atoms with Crippen LogP contribution < -0.4 is 10.6 Å². The van der Waals surface area contributed by atoms with Crippen molar-refractivity contribution in [3.8, 4) is 11.1 Å². The zero-order valence-electron chi connectivity index (χ0n) is 24.4. The second-order valence-electron chi connectivity index (χ2n) is 13.8. The minimum Gasteiger partial charge on any atom is -0.748 e. The molecule has 2 nitrogen and oxygen atoms in total. The molecule has 4 unspecified atom stereocenters. The molecule has 2 N–H and O–H groups in total. The smallest absolute Gasteiger partial charge is 0 e. The Hall–Kier alpha value is -0.781. The zero-order valence-corrected chi connectivity index (χ0v) is 27.8. The monoisotopic (exact) mass is 626 g/mol. The Labute approximate surface area is 263 Å². The van der Waals surface area contributed by atoms with Gasteiger partial charge in [0.05, 0.1) is 0 Å². The van der Waals surface area contributed by atoms with E-state index >= 15 is 0 Å². The standard InChI is InChI=1S/C31H43N2P2.C5H5.Fe/c34-19-30(26-11-20-10-21(13-26)14-27(30)12-20)28-15-23(22-4-2-1-3-5-22)16-29(28)31(35,24-6-8-32-17-24)25-7-9-33-18-25;1-2-4-5-3-1;/h1-5,15-16,20-21,24-27,32-33H,6-14,17-19,34-35H2;1-5H;/q-1;-5;. The van der Waals surface area contributed by atoms with Crippen LogP contribution in [0.25, 0.3) is 11.1 Å². The van der Waals surface area contributed by atoms with E-state index < -0.39 is 0 Å². The molecule has 6 fully saturated rings. The van der Waals surface area contributed by atoms with E-state index in [9.17, 15) is 0 Å². The molecule has 4 bridgehead atoms. The maximum Gasteiger partial charge on any atom is 0 e. The molecule has 4 atom stereocenters. The van der Waals surface area contributed by atoms with Crippen LogP contribution in [0.4, 0.5) is 0 Å². The number of nitrogens with one attached hydrogen (secondary N) is 2. The summed E-state index contributed by atoms with van der Waals surface area (Å²) in [6, 6.07) is 26.6. The third-order valence-electron chi connectivity index (χ3n) is 11.9. The third-order valence-corrected chi connectivity index (χ3v) is 13.9. The van der Waals surface area contributed by atoms with Gasteiger partial charge in [0, 0.05) is 17.1 Å². The molecular weight excluding hydrogens is 578 g/mol.